The molecule has 48 valence electrons. The summed E-state index contributed by atoms with van der Waals surface area (Å²) in [5.74, 6) is 1.23. The maximum Gasteiger partial charge on any atom is 0.163 e. The maximum atomic E-state index is 11.0. The molecule has 0 radical (unpaired) electrons. The average molecular weight is 143 g/mol. The first-order valence-electron chi connectivity index (χ1n) is 3.08. The zero-order valence-electron chi connectivity index (χ0n) is 4.93. The van der Waals surface area contributed by atoms with Crippen LogP contribution in [0.2, 0.25) is 0 Å². The molecule has 0 aromatic heterocycles. The Kier molecular flexibility index (Phi) is 0.854. The summed E-state index contributed by atoms with van der Waals surface area (Å²) in [7, 11) is 0. The average Bonchev–Trinajstić information content (AvgIpc) is 2.52. The lowest BCUT2D eigenvalue weighted by Crippen LogP contribution is -2.13. The molecule has 2 rings (SSSR count). The van der Waals surface area contributed by atoms with Gasteiger partial charge in [-0.2, -0.15) is 0 Å². The molecule has 0 bridgehead atoms. The van der Waals surface area contributed by atoms with Crippen LogP contribution in [0, 0.1) is 11.3 Å². The van der Waals surface area contributed by atoms with E-state index in [1.165, 1.54) is 0 Å². The molecule has 0 heterocycles. The second-order valence-corrected chi connectivity index (χ2v) is 3.09. The van der Waals surface area contributed by atoms with Gasteiger partial charge >= 0.3 is 0 Å². The normalized spacial score (nSPS) is 45.4. The minimum atomic E-state index is -0.123. The van der Waals surface area contributed by atoms with Crippen LogP contribution in [-0.2, 0) is 4.79 Å². The van der Waals surface area contributed by atoms with Gasteiger partial charge in [0.25, 0.3) is 0 Å². The molecule has 1 fully saturated rings. The van der Waals surface area contributed by atoms with Crippen molar-refractivity contribution in [3.05, 3.63) is 12.2 Å². The van der Waals surface area contributed by atoms with Gasteiger partial charge in [-0.15, -0.1) is 11.6 Å². The van der Waals surface area contributed by atoms with Gasteiger partial charge in [0.1, 0.15) is 0 Å². The van der Waals surface area contributed by atoms with E-state index in [0.717, 1.165) is 6.42 Å². The number of halogens is 1. The third-order valence-electron chi connectivity index (χ3n) is 2.34. The van der Waals surface area contributed by atoms with Crippen LogP contribution in [0.1, 0.15) is 6.42 Å². The summed E-state index contributed by atoms with van der Waals surface area (Å²) in [5, 5.41) is 0. The molecule has 2 aliphatic carbocycles. The first kappa shape index (κ1) is 5.48. The molecule has 0 spiro atoms. The topological polar surface area (TPSA) is 17.1 Å². The fourth-order valence-electron chi connectivity index (χ4n) is 1.46. The van der Waals surface area contributed by atoms with Crippen molar-refractivity contribution in [1.29, 1.82) is 0 Å². The fraction of sp³-hybridized carbons (Fsp3) is 0.571. The monoisotopic (exact) mass is 142 g/mol. The molecule has 0 amide bonds. The lowest BCUT2D eigenvalue weighted by molar-refractivity contribution is -0.118. The summed E-state index contributed by atoms with van der Waals surface area (Å²) in [5.41, 5.74) is -0.123. The van der Waals surface area contributed by atoms with Crippen LogP contribution in [0.25, 0.3) is 0 Å². The molecule has 1 saturated carbocycles. The summed E-state index contributed by atoms with van der Waals surface area (Å²) in [6, 6.07) is 0. The van der Waals surface area contributed by atoms with Crippen molar-refractivity contribution in [2.75, 3.05) is 5.88 Å². The predicted octanol–water partition coefficient (Wildman–Crippen LogP) is 1.37. The number of hydrogen-bond acceptors (Lipinski definition) is 1. The van der Waals surface area contributed by atoms with E-state index >= 15 is 0 Å². The number of ketones is 1. The van der Waals surface area contributed by atoms with Gasteiger partial charge in [-0.05, 0) is 18.4 Å². The second-order valence-electron chi connectivity index (χ2n) is 2.82. The van der Waals surface area contributed by atoms with Crippen molar-refractivity contribution in [2.24, 2.45) is 11.3 Å². The fourth-order valence-corrected chi connectivity index (χ4v) is 1.90. The quantitative estimate of drug-likeness (QED) is 0.506. The SMILES string of the molecule is O=C1C=CC2CC12CCl. The molecule has 0 N–H and O–H groups in total. The Labute approximate surface area is 58.7 Å². The number of rotatable bonds is 1. The predicted molar refractivity (Wildman–Crippen MR) is 35.4 cm³/mol. The molecule has 2 aliphatic rings. The summed E-state index contributed by atoms with van der Waals surface area (Å²) < 4.78 is 0. The van der Waals surface area contributed by atoms with Gasteiger partial charge in [0.2, 0.25) is 0 Å². The summed E-state index contributed by atoms with van der Waals surface area (Å²) in [6.45, 7) is 0. The second kappa shape index (κ2) is 1.40. The highest BCUT2D eigenvalue weighted by molar-refractivity contribution is 6.21. The van der Waals surface area contributed by atoms with Crippen LogP contribution >= 0.6 is 11.6 Å². The molecule has 1 nitrogen and oxygen atoms in total. The van der Waals surface area contributed by atoms with E-state index in [-0.39, 0.29) is 11.2 Å². The highest BCUT2D eigenvalue weighted by atomic mass is 35.5. The van der Waals surface area contributed by atoms with Crippen molar-refractivity contribution in [3.63, 3.8) is 0 Å². The number of allylic oxidation sites excluding steroid dienone is 2. The van der Waals surface area contributed by atoms with Crippen LogP contribution < -0.4 is 0 Å². The summed E-state index contributed by atoms with van der Waals surface area (Å²) in [4.78, 5) is 11.0. The van der Waals surface area contributed by atoms with Crippen LogP contribution in [-0.4, -0.2) is 11.7 Å². The minimum absolute atomic E-state index is 0.123. The smallest absolute Gasteiger partial charge is 0.163 e. The van der Waals surface area contributed by atoms with E-state index in [0.29, 0.717) is 11.8 Å². The number of hydrogen-bond donors (Lipinski definition) is 0. The molecule has 0 aromatic carbocycles. The highest BCUT2D eigenvalue weighted by Crippen LogP contribution is 2.58. The molecule has 0 saturated heterocycles. The Morgan fingerprint density at radius 3 is 2.89 bits per heavy atom. The Balaban J connectivity index is 2.30. The van der Waals surface area contributed by atoms with Crippen LogP contribution in [0.5, 0.6) is 0 Å². The van der Waals surface area contributed by atoms with E-state index in [9.17, 15) is 4.79 Å². The lowest BCUT2D eigenvalue weighted by Gasteiger charge is -2.01. The third kappa shape index (κ3) is 0.485. The van der Waals surface area contributed by atoms with Gasteiger partial charge in [-0.25, -0.2) is 0 Å². The number of carbonyl (C=O) groups is 1. The van der Waals surface area contributed by atoms with E-state index in [1.807, 2.05) is 6.08 Å². The number of fused-ring (bicyclic) bond motifs is 1. The van der Waals surface area contributed by atoms with Crippen LogP contribution in [0.15, 0.2) is 12.2 Å². The largest absolute Gasteiger partial charge is 0.294 e. The molecule has 2 heteroatoms. The van der Waals surface area contributed by atoms with Crippen LogP contribution in [0.3, 0.4) is 0 Å². The third-order valence-corrected chi connectivity index (χ3v) is 2.82. The highest BCUT2D eigenvalue weighted by Gasteiger charge is 2.59. The molecule has 0 aliphatic heterocycles. The Bertz CT molecular complexity index is 197. The zero-order valence-corrected chi connectivity index (χ0v) is 5.69. The van der Waals surface area contributed by atoms with Crippen molar-refractivity contribution in [1.82, 2.24) is 0 Å². The van der Waals surface area contributed by atoms with Crippen molar-refractivity contribution < 1.29 is 4.79 Å². The van der Waals surface area contributed by atoms with Gasteiger partial charge < -0.3 is 0 Å². The first-order valence-corrected chi connectivity index (χ1v) is 3.62. The molecule has 0 aromatic rings. The molecule has 2 unspecified atom stereocenters. The van der Waals surface area contributed by atoms with E-state index in [1.54, 1.807) is 6.08 Å². The van der Waals surface area contributed by atoms with Gasteiger partial charge in [-0.1, -0.05) is 6.08 Å². The molecular formula is C7H7ClO. The summed E-state index contributed by atoms with van der Waals surface area (Å²) >= 11 is 5.62. The van der Waals surface area contributed by atoms with Gasteiger partial charge in [0.05, 0.1) is 5.41 Å². The lowest BCUT2D eigenvalue weighted by atomic mass is 10.1. The van der Waals surface area contributed by atoms with E-state index < -0.39 is 0 Å². The standard InChI is InChI=1S/C7H7ClO/c8-4-7-3-5(7)1-2-6(7)9/h1-2,5H,3-4H2. The maximum absolute atomic E-state index is 11.0. The van der Waals surface area contributed by atoms with Crippen molar-refractivity contribution >= 4 is 17.4 Å². The first-order chi connectivity index (χ1) is 4.29. The number of alkyl halides is 1. The van der Waals surface area contributed by atoms with Gasteiger partial charge in [0, 0.05) is 5.88 Å². The number of carbonyl (C=O) groups excluding carboxylic acids is 1. The van der Waals surface area contributed by atoms with E-state index in [2.05, 4.69) is 0 Å². The Morgan fingerprint density at radius 2 is 2.67 bits per heavy atom. The van der Waals surface area contributed by atoms with Crippen molar-refractivity contribution in [2.45, 2.75) is 6.42 Å². The molecular weight excluding hydrogens is 136 g/mol. The molecule has 2 atom stereocenters. The van der Waals surface area contributed by atoms with Crippen molar-refractivity contribution in [3.8, 4) is 0 Å². The summed E-state index contributed by atoms with van der Waals surface area (Å²) in [6.07, 6.45) is 4.63. The Morgan fingerprint density at radius 1 is 1.89 bits per heavy atom. The van der Waals surface area contributed by atoms with E-state index in [4.69, 9.17) is 11.6 Å². The zero-order chi connectivity index (χ0) is 6.48. The minimum Gasteiger partial charge on any atom is -0.294 e. The van der Waals surface area contributed by atoms with Gasteiger partial charge in [-0.3, -0.25) is 4.79 Å². The van der Waals surface area contributed by atoms with Crippen LogP contribution in [0.4, 0.5) is 0 Å². The van der Waals surface area contributed by atoms with Gasteiger partial charge in [0.15, 0.2) is 5.78 Å². The molecule has 9 heavy (non-hydrogen) atoms. The Hall–Kier alpha value is -0.300.